The van der Waals surface area contributed by atoms with Gasteiger partial charge in [0, 0.05) is 24.2 Å². The van der Waals surface area contributed by atoms with Gasteiger partial charge in [0.2, 0.25) is 5.91 Å². The largest absolute Gasteiger partial charge is 0.370 e. The summed E-state index contributed by atoms with van der Waals surface area (Å²) in [4.78, 5) is 25.6. The molecule has 0 aromatic heterocycles. The number of nitrogens with two attached hydrogens (primary N) is 1. The molecular formula is C22H19FN2O2. The minimum atomic E-state index is -0.505. The first-order valence-corrected chi connectivity index (χ1v) is 8.56. The van der Waals surface area contributed by atoms with Gasteiger partial charge in [-0.2, -0.15) is 0 Å². The number of amides is 2. The van der Waals surface area contributed by atoms with Crippen molar-refractivity contribution in [1.29, 1.82) is 0 Å². The minimum absolute atomic E-state index is 0.0191. The normalized spacial score (nSPS) is 10.4. The van der Waals surface area contributed by atoms with E-state index < -0.39 is 11.7 Å². The Morgan fingerprint density at radius 3 is 2.00 bits per heavy atom. The average Bonchev–Trinajstić information content (AvgIpc) is 2.70. The lowest BCUT2D eigenvalue weighted by atomic mass is 10.0. The Kier molecular flexibility index (Phi) is 5.61. The fourth-order valence-electron chi connectivity index (χ4n) is 2.78. The number of carbonyl (C=O) groups is 2. The van der Waals surface area contributed by atoms with Crippen LogP contribution in [0.15, 0.2) is 78.9 Å². The SMILES string of the molecule is NC(=O)CCN(C(=O)c1ccc(-c2ccccc2)cc1)c1ccc(F)cc1. The third-order valence-electron chi connectivity index (χ3n) is 4.20. The van der Waals surface area contributed by atoms with Crippen molar-refractivity contribution in [2.45, 2.75) is 6.42 Å². The molecule has 0 heterocycles. The summed E-state index contributed by atoms with van der Waals surface area (Å²) in [6.45, 7) is 0.125. The molecule has 0 saturated carbocycles. The molecule has 5 heteroatoms. The number of halogens is 1. The lowest BCUT2D eigenvalue weighted by Crippen LogP contribution is -2.34. The first kappa shape index (κ1) is 18.3. The molecule has 0 fully saturated rings. The highest BCUT2D eigenvalue weighted by molar-refractivity contribution is 6.06. The summed E-state index contributed by atoms with van der Waals surface area (Å²) in [6.07, 6.45) is 0.0191. The van der Waals surface area contributed by atoms with Crippen molar-refractivity contribution in [3.8, 4) is 11.1 Å². The van der Waals surface area contributed by atoms with Gasteiger partial charge in [0.15, 0.2) is 0 Å². The maximum atomic E-state index is 13.2. The standard InChI is InChI=1S/C22H19FN2O2/c23-19-10-12-20(13-11-19)25(15-14-21(24)26)22(27)18-8-6-17(7-9-18)16-4-2-1-3-5-16/h1-13H,14-15H2,(H2,24,26). The van der Waals surface area contributed by atoms with Gasteiger partial charge in [-0.3, -0.25) is 9.59 Å². The third kappa shape index (κ3) is 4.58. The molecule has 0 saturated heterocycles. The summed E-state index contributed by atoms with van der Waals surface area (Å²) in [5, 5.41) is 0. The maximum Gasteiger partial charge on any atom is 0.258 e. The lowest BCUT2D eigenvalue weighted by Gasteiger charge is -2.22. The summed E-state index contributed by atoms with van der Waals surface area (Å²) in [7, 11) is 0. The van der Waals surface area contributed by atoms with E-state index in [1.165, 1.54) is 29.2 Å². The fourth-order valence-corrected chi connectivity index (χ4v) is 2.78. The van der Waals surface area contributed by atoms with E-state index in [4.69, 9.17) is 5.73 Å². The minimum Gasteiger partial charge on any atom is -0.370 e. The van der Waals surface area contributed by atoms with Gasteiger partial charge in [0.05, 0.1) is 0 Å². The molecule has 3 aromatic rings. The highest BCUT2D eigenvalue weighted by atomic mass is 19.1. The molecule has 27 heavy (non-hydrogen) atoms. The van der Waals surface area contributed by atoms with Crippen LogP contribution in [0.5, 0.6) is 0 Å². The summed E-state index contributed by atoms with van der Waals surface area (Å²) in [6, 6.07) is 22.6. The summed E-state index contributed by atoms with van der Waals surface area (Å²) < 4.78 is 13.2. The molecule has 4 nitrogen and oxygen atoms in total. The van der Waals surface area contributed by atoms with Crippen LogP contribution >= 0.6 is 0 Å². The van der Waals surface area contributed by atoms with Gasteiger partial charge in [-0.15, -0.1) is 0 Å². The first-order valence-electron chi connectivity index (χ1n) is 8.56. The van der Waals surface area contributed by atoms with Gasteiger partial charge in [-0.25, -0.2) is 4.39 Å². The van der Waals surface area contributed by atoms with Crippen LogP contribution in [0.3, 0.4) is 0 Å². The van der Waals surface area contributed by atoms with E-state index in [0.29, 0.717) is 11.3 Å². The average molecular weight is 362 g/mol. The molecule has 136 valence electrons. The van der Waals surface area contributed by atoms with E-state index in [9.17, 15) is 14.0 Å². The summed E-state index contributed by atoms with van der Waals surface area (Å²) in [5.74, 6) is -1.18. The van der Waals surface area contributed by atoms with Crippen LogP contribution in [-0.2, 0) is 4.79 Å². The number of hydrogen-bond acceptors (Lipinski definition) is 2. The van der Waals surface area contributed by atoms with Crippen LogP contribution in [0, 0.1) is 5.82 Å². The number of anilines is 1. The number of primary amides is 1. The Morgan fingerprint density at radius 2 is 1.41 bits per heavy atom. The monoisotopic (exact) mass is 362 g/mol. The second-order valence-corrected chi connectivity index (χ2v) is 6.09. The van der Waals surface area contributed by atoms with Crippen LogP contribution in [0.25, 0.3) is 11.1 Å². The molecule has 0 spiro atoms. The first-order chi connectivity index (χ1) is 13.0. The van der Waals surface area contributed by atoms with Crippen molar-refractivity contribution in [2.75, 3.05) is 11.4 Å². The lowest BCUT2D eigenvalue weighted by molar-refractivity contribution is -0.117. The second-order valence-electron chi connectivity index (χ2n) is 6.09. The van der Waals surface area contributed by atoms with Crippen LogP contribution in [0.4, 0.5) is 10.1 Å². The summed E-state index contributed by atoms with van der Waals surface area (Å²) in [5.41, 5.74) is 8.27. The van der Waals surface area contributed by atoms with Crippen molar-refractivity contribution in [3.63, 3.8) is 0 Å². The van der Waals surface area contributed by atoms with Crippen molar-refractivity contribution >= 4 is 17.5 Å². The number of hydrogen-bond donors (Lipinski definition) is 1. The van der Waals surface area contributed by atoms with Crippen molar-refractivity contribution in [1.82, 2.24) is 0 Å². The number of rotatable bonds is 6. The molecule has 0 unspecified atom stereocenters. The Hall–Kier alpha value is -3.47. The Bertz CT molecular complexity index is 923. The Morgan fingerprint density at radius 1 is 0.815 bits per heavy atom. The quantitative estimate of drug-likeness (QED) is 0.720. The fraction of sp³-hybridized carbons (Fsp3) is 0.0909. The Labute approximate surface area is 157 Å². The van der Waals surface area contributed by atoms with Gasteiger partial charge >= 0.3 is 0 Å². The van der Waals surface area contributed by atoms with Gasteiger partial charge in [-0.05, 0) is 47.5 Å². The molecule has 2 N–H and O–H groups in total. The van der Waals surface area contributed by atoms with E-state index in [1.54, 1.807) is 12.1 Å². The van der Waals surface area contributed by atoms with Crippen LogP contribution in [-0.4, -0.2) is 18.4 Å². The zero-order valence-corrected chi connectivity index (χ0v) is 14.6. The van der Waals surface area contributed by atoms with Crippen molar-refractivity contribution < 1.29 is 14.0 Å². The zero-order chi connectivity index (χ0) is 19.2. The van der Waals surface area contributed by atoms with Gasteiger partial charge in [-0.1, -0.05) is 42.5 Å². The van der Waals surface area contributed by atoms with Gasteiger partial charge in [0.1, 0.15) is 5.82 Å². The molecule has 0 radical (unpaired) electrons. The van der Waals surface area contributed by atoms with Crippen molar-refractivity contribution in [2.24, 2.45) is 5.73 Å². The third-order valence-corrected chi connectivity index (χ3v) is 4.20. The van der Waals surface area contributed by atoms with Crippen LogP contribution < -0.4 is 10.6 Å². The van der Waals surface area contributed by atoms with Crippen molar-refractivity contribution in [3.05, 3.63) is 90.2 Å². The predicted octanol–water partition coefficient (Wildman–Crippen LogP) is 4.01. The van der Waals surface area contributed by atoms with E-state index >= 15 is 0 Å². The second kappa shape index (κ2) is 8.27. The molecular weight excluding hydrogens is 343 g/mol. The highest BCUT2D eigenvalue weighted by Gasteiger charge is 2.18. The van der Waals surface area contributed by atoms with Crippen LogP contribution in [0.1, 0.15) is 16.8 Å². The molecule has 0 aliphatic heterocycles. The molecule has 0 bridgehead atoms. The predicted molar refractivity (Wildman–Crippen MR) is 104 cm³/mol. The maximum absolute atomic E-state index is 13.2. The molecule has 2 amide bonds. The van der Waals surface area contributed by atoms with Crippen LogP contribution in [0.2, 0.25) is 0 Å². The summed E-state index contributed by atoms with van der Waals surface area (Å²) >= 11 is 0. The molecule has 0 atom stereocenters. The van der Waals surface area contributed by atoms with Gasteiger partial charge < -0.3 is 10.6 Å². The number of carbonyl (C=O) groups excluding carboxylic acids is 2. The Balaban J connectivity index is 1.86. The zero-order valence-electron chi connectivity index (χ0n) is 14.6. The number of benzene rings is 3. The van der Waals surface area contributed by atoms with E-state index in [-0.39, 0.29) is 18.9 Å². The molecule has 3 rings (SSSR count). The molecule has 3 aromatic carbocycles. The van der Waals surface area contributed by atoms with E-state index in [1.807, 2.05) is 42.5 Å². The number of nitrogens with zero attached hydrogens (tertiary/aromatic N) is 1. The van der Waals surface area contributed by atoms with E-state index in [0.717, 1.165) is 11.1 Å². The molecule has 0 aliphatic rings. The smallest absolute Gasteiger partial charge is 0.258 e. The van der Waals surface area contributed by atoms with E-state index in [2.05, 4.69) is 0 Å². The van der Waals surface area contributed by atoms with Gasteiger partial charge in [0.25, 0.3) is 5.91 Å². The molecule has 0 aliphatic carbocycles. The topological polar surface area (TPSA) is 63.4 Å². The highest BCUT2D eigenvalue weighted by Crippen LogP contribution is 2.22.